The molecular weight excluding hydrogens is 182 g/mol. The molecule has 1 heterocycles. The lowest BCUT2D eigenvalue weighted by Gasteiger charge is -2.21. The first-order chi connectivity index (χ1) is 5.33. The second-order valence-electron chi connectivity index (χ2n) is 2.59. The molecule has 0 aliphatic carbocycles. The molecule has 1 rings (SSSR count). The lowest BCUT2D eigenvalue weighted by molar-refractivity contribution is -0.119. The normalized spacial score (nSPS) is 19.7. The number of hydrogen-bond acceptors (Lipinski definition) is 2. The van der Waals surface area contributed by atoms with Crippen LogP contribution in [0.4, 0.5) is 0 Å². The third-order valence-electron chi connectivity index (χ3n) is 1.71. The van der Waals surface area contributed by atoms with Crippen LogP contribution in [-0.2, 0) is 4.79 Å². The third-order valence-corrected chi connectivity index (χ3v) is 3.00. The fourth-order valence-electron chi connectivity index (χ4n) is 1.11. The molecule has 4 heteroatoms. The Morgan fingerprint density at radius 2 is 2.18 bits per heavy atom. The summed E-state index contributed by atoms with van der Waals surface area (Å²) < 4.78 is 0. The number of hydrogen-bond donors (Lipinski definition) is 1. The van der Waals surface area contributed by atoms with Crippen molar-refractivity contribution in [3.05, 3.63) is 0 Å². The van der Waals surface area contributed by atoms with Gasteiger partial charge in [0.1, 0.15) is 5.88 Å². The Morgan fingerprint density at radius 1 is 1.55 bits per heavy atom. The summed E-state index contributed by atoms with van der Waals surface area (Å²) in [6, 6.07) is 0.377. The van der Waals surface area contributed by atoms with Crippen LogP contribution < -0.4 is 5.32 Å². The molecule has 0 radical (unpaired) electrons. The number of alkyl halides is 1. The van der Waals surface area contributed by atoms with Crippen LogP contribution in [0.1, 0.15) is 12.8 Å². The molecule has 1 amide bonds. The van der Waals surface area contributed by atoms with Crippen molar-refractivity contribution in [3.8, 4) is 0 Å². The standard InChI is InChI=1S/C7H12ClNOS/c8-5-7(10)9-6-1-3-11-4-2-6/h6H,1-5H2,(H,9,10). The van der Waals surface area contributed by atoms with Gasteiger partial charge in [0.05, 0.1) is 0 Å². The van der Waals surface area contributed by atoms with E-state index in [1.165, 1.54) is 0 Å². The SMILES string of the molecule is O=C(CCl)NC1CCSCC1. The van der Waals surface area contributed by atoms with Crippen molar-refractivity contribution < 1.29 is 4.79 Å². The average molecular weight is 194 g/mol. The maximum Gasteiger partial charge on any atom is 0.235 e. The first-order valence-corrected chi connectivity index (χ1v) is 5.45. The van der Waals surface area contributed by atoms with E-state index in [0.717, 1.165) is 24.3 Å². The second-order valence-corrected chi connectivity index (χ2v) is 4.08. The topological polar surface area (TPSA) is 29.1 Å². The molecule has 64 valence electrons. The van der Waals surface area contributed by atoms with Crippen LogP contribution >= 0.6 is 23.4 Å². The highest BCUT2D eigenvalue weighted by Crippen LogP contribution is 2.16. The lowest BCUT2D eigenvalue weighted by atomic mass is 10.1. The second kappa shape index (κ2) is 4.88. The Hall–Kier alpha value is 0.110. The van der Waals surface area contributed by atoms with E-state index in [9.17, 15) is 4.79 Å². The van der Waals surface area contributed by atoms with Gasteiger partial charge in [0.2, 0.25) is 5.91 Å². The number of thioether (sulfide) groups is 1. The van der Waals surface area contributed by atoms with E-state index in [4.69, 9.17) is 11.6 Å². The highest BCUT2D eigenvalue weighted by Gasteiger charge is 2.14. The van der Waals surface area contributed by atoms with Crippen LogP contribution in [0.2, 0.25) is 0 Å². The number of nitrogens with one attached hydrogen (secondary N) is 1. The van der Waals surface area contributed by atoms with Crippen LogP contribution in [-0.4, -0.2) is 29.3 Å². The number of amides is 1. The first kappa shape index (κ1) is 9.20. The van der Waals surface area contributed by atoms with Crippen molar-refractivity contribution in [1.29, 1.82) is 0 Å². The minimum atomic E-state index is -0.0384. The molecule has 0 spiro atoms. The zero-order chi connectivity index (χ0) is 8.10. The Balaban J connectivity index is 2.19. The van der Waals surface area contributed by atoms with Crippen LogP contribution in [0.3, 0.4) is 0 Å². The van der Waals surface area contributed by atoms with E-state index in [-0.39, 0.29) is 11.8 Å². The lowest BCUT2D eigenvalue weighted by Crippen LogP contribution is -2.37. The Labute approximate surface area is 76.1 Å². The Morgan fingerprint density at radius 3 is 2.73 bits per heavy atom. The van der Waals surface area contributed by atoms with E-state index in [2.05, 4.69) is 5.32 Å². The smallest absolute Gasteiger partial charge is 0.235 e. The quantitative estimate of drug-likeness (QED) is 0.669. The summed E-state index contributed by atoms with van der Waals surface area (Å²) in [4.78, 5) is 10.8. The number of carbonyl (C=O) groups excluding carboxylic acids is 1. The van der Waals surface area contributed by atoms with Crippen molar-refractivity contribution in [2.45, 2.75) is 18.9 Å². The zero-order valence-electron chi connectivity index (χ0n) is 6.31. The molecule has 0 aromatic rings. The van der Waals surface area contributed by atoms with Crippen LogP contribution in [0.25, 0.3) is 0 Å². The maximum atomic E-state index is 10.8. The van der Waals surface area contributed by atoms with Crippen LogP contribution in [0, 0.1) is 0 Å². The molecule has 2 nitrogen and oxygen atoms in total. The van der Waals surface area contributed by atoms with E-state index < -0.39 is 0 Å². The predicted molar refractivity (Wildman–Crippen MR) is 49.2 cm³/mol. The largest absolute Gasteiger partial charge is 0.352 e. The first-order valence-electron chi connectivity index (χ1n) is 3.76. The summed E-state index contributed by atoms with van der Waals surface area (Å²) in [5.41, 5.74) is 0. The van der Waals surface area contributed by atoms with Gasteiger partial charge in [-0.25, -0.2) is 0 Å². The molecule has 0 unspecified atom stereocenters. The number of halogens is 1. The number of rotatable bonds is 2. The van der Waals surface area contributed by atoms with Gasteiger partial charge in [-0.2, -0.15) is 11.8 Å². The monoisotopic (exact) mass is 193 g/mol. The molecule has 0 aromatic heterocycles. The molecule has 0 saturated carbocycles. The van der Waals surface area contributed by atoms with Crippen LogP contribution in [0.15, 0.2) is 0 Å². The van der Waals surface area contributed by atoms with E-state index in [1.807, 2.05) is 11.8 Å². The third kappa shape index (κ3) is 3.34. The van der Waals surface area contributed by atoms with Crippen LogP contribution in [0.5, 0.6) is 0 Å². The highest BCUT2D eigenvalue weighted by molar-refractivity contribution is 7.99. The molecule has 1 N–H and O–H groups in total. The summed E-state index contributed by atoms with van der Waals surface area (Å²) in [6.45, 7) is 0. The molecule has 0 bridgehead atoms. The van der Waals surface area contributed by atoms with E-state index in [0.29, 0.717) is 6.04 Å². The van der Waals surface area contributed by atoms with Gasteiger partial charge in [-0.15, -0.1) is 11.6 Å². The van der Waals surface area contributed by atoms with Crippen molar-refractivity contribution in [2.24, 2.45) is 0 Å². The molecule has 1 aliphatic rings. The van der Waals surface area contributed by atoms with Crippen molar-refractivity contribution in [1.82, 2.24) is 5.32 Å². The summed E-state index contributed by atoms with van der Waals surface area (Å²) in [6.07, 6.45) is 2.18. The van der Waals surface area contributed by atoms with E-state index in [1.54, 1.807) is 0 Å². The van der Waals surface area contributed by atoms with Crippen molar-refractivity contribution >= 4 is 29.3 Å². The molecule has 1 saturated heterocycles. The zero-order valence-corrected chi connectivity index (χ0v) is 7.88. The molecule has 0 atom stereocenters. The van der Waals surface area contributed by atoms with Gasteiger partial charge in [-0.05, 0) is 24.3 Å². The summed E-state index contributed by atoms with van der Waals surface area (Å²) in [7, 11) is 0. The van der Waals surface area contributed by atoms with Gasteiger partial charge < -0.3 is 5.32 Å². The minimum absolute atomic E-state index is 0.0384. The predicted octanol–water partition coefficient (Wildman–Crippen LogP) is 1.24. The van der Waals surface area contributed by atoms with Gasteiger partial charge in [-0.1, -0.05) is 0 Å². The van der Waals surface area contributed by atoms with Gasteiger partial charge in [0.25, 0.3) is 0 Å². The highest BCUT2D eigenvalue weighted by atomic mass is 35.5. The van der Waals surface area contributed by atoms with Crippen molar-refractivity contribution in [3.63, 3.8) is 0 Å². The summed E-state index contributed by atoms with van der Waals surface area (Å²) in [5.74, 6) is 2.37. The van der Waals surface area contributed by atoms with Gasteiger partial charge in [0, 0.05) is 6.04 Å². The van der Waals surface area contributed by atoms with Gasteiger partial charge >= 0.3 is 0 Å². The van der Waals surface area contributed by atoms with E-state index >= 15 is 0 Å². The molecule has 11 heavy (non-hydrogen) atoms. The summed E-state index contributed by atoms with van der Waals surface area (Å²) in [5, 5.41) is 2.88. The molecule has 0 aromatic carbocycles. The van der Waals surface area contributed by atoms with Gasteiger partial charge in [0.15, 0.2) is 0 Å². The molecule has 1 fully saturated rings. The molecular formula is C7H12ClNOS. The number of carbonyl (C=O) groups is 1. The fourth-order valence-corrected chi connectivity index (χ4v) is 2.29. The average Bonchev–Trinajstić information content (AvgIpc) is 2.06. The van der Waals surface area contributed by atoms with Gasteiger partial charge in [-0.3, -0.25) is 4.79 Å². The fraction of sp³-hybridized carbons (Fsp3) is 0.857. The maximum absolute atomic E-state index is 10.8. The Kier molecular flexibility index (Phi) is 4.08. The molecule has 1 aliphatic heterocycles. The minimum Gasteiger partial charge on any atom is -0.352 e. The van der Waals surface area contributed by atoms with Crippen molar-refractivity contribution in [2.75, 3.05) is 17.4 Å². The Bertz CT molecular complexity index is 136. The summed E-state index contributed by atoms with van der Waals surface area (Å²) >= 11 is 7.30.